The van der Waals surface area contributed by atoms with Crippen LogP contribution in [0.15, 0.2) is 0 Å². The zero-order valence-electron chi connectivity index (χ0n) is 5.14. The first-order valence-corrected chi connectivity index (χ1v) is 0.894. The summed E-state index contributed by atoms with van der Waals surface area (Å²) in [5.74, 6) is 0. The first-order valence-electron chi connectivity index (χ1n) is 0.894. The molecule has 0 saturated heterocycles. The van der Waals surface area contributed by atoms with Gasteiger partial charge in [-0.15, -0.1) is 0 Å². The van der Waals surface area contributed by atoms with Crippen molar-refractivity contribution in [1.29, 1.82) is 21.0 Å². The predicted octanol–water partition coefficient (Wildman–Crippen LogP) is 0.495. The van der Waals surface area contributed by atoms with Gasteiger partial charge in [0.15, 0.2) is 0 Å². The molecule has 0 aromatic carbocycles. The van der Waals surface area contributed by atoms with Gasteiger partial charge < -0.3 is 47.3 Å². The Bertz CT molecular complexity index is 60.2. The zero-order chi connectivity index (χ0) is 8.00. The van der Waals surface area contributed by atoms with Gasteiger partial charge in [0.05, 0.1) is 0 Å². The Balaban J connectivity index is -0.00000000500. The van der Waals surface area contributed by atoms with Gasteiger partial charge in [0.25, 0.3) is 0 Å². The Morgan fingerprint density at radius 2 is 0.556 bits per heavy atom. The molecule has 0 aromatic heterocycles. The first-order chi connectivity index (χ1) is 4.00. The number of rotatable bonds is 0. The fourth-order valence-corrected chi connectivity index (χ4v) is 0. The SMILES string of the molecule is [C-]#N.[C-]#N.[C-]#N.[C-]#N.[Fe+3].[H+]. The van der Waals surface area contributed by atoms with Crippen LogP contribution in [0.3, 0.4) is 0 Å². The van der Waals surface area contributed by atoms with Crippen LogP contribution in [0.1, 0.15) is 1.43 Å². The Hall–Kier alpha value is -1.52. The topological polar surface area (TPSA) is 95.2 Å². The molecule has 0 heterocycles. The average Bonchev–Trinajstić information content (AvgIpc) is 2.03. The molecule has 4 nitrogen and oxygen atoms in total. The second kappa shape index (κ2) is 84.1. The third-order valence-corrected chi connectivity index (χ3v) is 0. The predicted molar refractivity (Wildman–Crippen MR) is 21.0 cm³/mol. The Morgan fingerprint density at radius 3 is 0.556 bits per heavy atom. The maximum atomic E-state index is 6.25. The summed E-state index contributed by atoms with van der Waals surface area (Å²) in [6.45, 7) is 19.0. The summed E-state index contributed by atoms with van der Waals surface area (Å²) in [6.07, 6.45) is 0. The maximum absolute atomic E-state index is 6.25. The van der Waals surface area contributed by atoms with E-state index in [1.165, 1.54) is 0 Å². The van der Waals surface area contributed by atoms with Crippen molar-refractivity contribution < 1.29 is 18.5 Å². The molecular formula is C4HFeN4. The molecule has 0 unspecified atom stereocenters. The molecule has 0 aliphatic carbocycles. The number of nitrogens with zero attached hydrogens (tertiary/aromatic N) is 4. The van der Waals surface area contributed by atoms with E-state index < -0.39 is 0 Å². The van der Waals surface area contributed by atoms with Crippen molar-refractivity contribution in [3.05, 3.63) is 26.3 Å². The maximum Gasteiger partial charge on any atom is 3.00 e. The largest absolute Gasteiger partial charge is 3.00 e. The molecule has 5 heteroatoms. The van der Waals surface area contributed by atoms with E-state index >= 15 is 0 Å². The van der Waals surface area contributed by atoms with Gasteiger partial charge >= 0.3 is 18.5 Å². The smallest absolute Gasteiger partial charge is 0.512 e. The first kappa shape index (κ1) is 51.1. The molecule has 0 rings (SSSR count). The van der Waals surface area contributed by atoms with Crippen molar-refractivity contribution in [3.8, 4) is 0 Å². The summed E-state index contributed by atoms with van der Waals surface area (Å²) >= 11 is 0. The average molecular weight is 161 g/mol. The van der Waals surface area contributed by atoms with Crippen LogP contribution >= 0.6 is 0 Å². The number of hydrogen-bond acceptors (Lipinski definition) is 4. The Labute approximate surface area is 66.5 Å². The van der Waals surface area contributed by atoms with Crippen LogP contribution in [0, 0.1) is 47.3 Å². The van der Waals surface area contributed by atoms with Crippen molar-refractivity contribution >= 4 is 0 Å². The molecule has 0 fully saturated rings. The summed E-state index contributed by atoms with van der Waals surface area (Å²) in [4.78, 5) is 0. The molecule has 0 aliphatic rings. The quantitative estimate of drug-likeness (QED) is 0.381. The van der Waals surface area contributed by atoms with Crippen LogP contribution in [0.2, 0.25) is 0 Å². The van der Waals surface area contributed by atoms with Gasteiger partial charge in [0.2, 0.25) is 0 Å². The normalized spacial score (nSPS) is 0.889. The van der Waals surface area contributed by atoms with Crippen molar-refractivity contribution in [2.45, 2.75) is 0 Å². The fourth-order valence-electron chi connectivity index (χ4n) is 0. The van der Waals surface area contributed by atoms with Crippen LogP contribution in [-0.2, 0) is 17.1 Å². The van der Waals surface area contributed by atoms with E-state index in [9.17, 15) is 0 Å². The van der Waals surface area contributed by atoms with E-state index in [1.807, 2.05) is 0 Å². The summed E-state index contributed by atoms with van der Waals surface area (Å²) in [6, 6.07) is 0. The summed E-state index contributed by atoms with van der Waals surface area (Å²) < 4.78 is 0. The second-order valence-corrected chi connectivity index (χ2v) is 0. The van der Waals surface area contributed by atoms with E-state index in [0.29, 0.717) is 0 Å². The Morgan fingerprint density at radius 1 is 0.556 bits per heavy atom. The van der Waals surface area contributed by atoms with E-state index in [4.69, 9.17) is 47.3 Å². The summed E-state index contributed by atoms with van der Waals surface area (Å²) in [5, 5.41) is 25.0. The molecule has 0 N–H and O–H groups in total. The van der Waals surface area contributed by atoms with Crippen LogP contribution in [0.4, 0.5) is 0 Å². The van der Waals surface area contributed by atoms with Crippen molar-refractivity contribution in [2.75, 3.05) is 0 Å². The number of hydrogen-bond donors (Lipinski definition) is 0. The van der Waals surface area contributed by atoms with Gasteiger partial charge in [-0.05, 0) is 0 Å². The molecule has 0 atom stereocenters. The minimum atomic E-state index is 0. The van der Waals surface area contributed by atoms with Crippen LogP contribution in [0.25, 0.3) is 0 Å². The third-order valence-electron chi connectivity index (χ3n) is 0. The Kier molecular flexibility index (Phi) is 478. The van der Waals surface area contributed by atoms with Crippen LogP contribution < -0.4 is 0 Å². The van der Waals surface area contributed by atoms with Crippen molar-refractivity contribution in [1.82, 2.24) is 0 Å². The molecule has 0 aromatic rings. The molecule has 9 heavy (non-hydrogen) atoms. The third kappa shape index (κ3) is 56.2. The molecule has 0 saturated carbocycles. The van der Waals surface area contributed by atoms with E-state index in [-0.39, 0.29) is 18.5 Å². The molecule has 45 valence electrons. The summed E-state index contributed by atoms with van der Waals surface area (Å²) in [7, 11) is 0. The van der Waals surface area contributed by atoms with Gasteiger partial charge in [0.1, 0.15) is 0 Å². The van der Waals surface area contributed by atoms with Gasteiger partial charge in [0, 0.05) is 0 Å². The summed E-state index contributed by atoms with van der Waals surface area (Å²) in [5.41, 5.74) is 0. The monoisotopic (exact) mass is 161 g/mol. The van der Waals surface area contributed by atoms with Gasteiger partial charge in [-0.1, -0.05) is 0 Å². The minimum Gasteiger partial charge on any atom is -0.512 e. The minimum absolute atomic E-state index is 0. The van der Waals surface area contributed by atoms with Gasteiger partial charge in [-0.25, -0.2) is 0 Å². The zero-order valence-corrected chi connectivity index (χ0v) is 5.25. The van der Waals surface area contributed by atoms with Crippen LogP contribution in [-0.4, -0.2) is 0 Å². The van der Waals surface area contributed by atoms with Gasteiger partial charge in [-0.3, -0.25) is 0 Å². The molecule has 1 radical (unpaired) electrons. The molecular weight excluding hydrogens is 160 g/mol. The van der Waals surface area contributed by atoms with Crippen molar-refractivity contribution in [2.24, 2.45) is 0 Å². The van der Waals surface area contributed by atoms with Crippen LogP contribution in [0.5, 0.6) is 0 Å². The van der Waals surface area contributed by atoms with E-state index in [1.54, 1.807) is 0 Å². The molecule has 0 bridgehead atoms. The molecule has 0 aliphatic heterocycles. The molecule has 0 amide bonds. The standard InChI is InChI=1S/4CN.Fe/c4*1-2;/q4*-1;+3/p+1. The van der Waals surface area contributed by atoms with Crippen molar-refractivity contribution in [3.63, 3.8) is 0 Å². The van der Waals surface area contributed by atoms with E-state index in [0.717, 1.165) is 0 Å². The molecule has 0 spiro atoms. The van der Waals surface area contributed by atoms with Gasteiger partial charge in [-0.2, -0.15) is 0 Å². The fraction of sp³-hybridized carbons (Fsp3) is 0. The second-order valence-electron chi connectivity index (χ2n) is 0. The van der Waals surface area contributed by atoms with E-state index in [2.05, 4.69) is 0 Å².